The zero-order valence-electron chi connectivity index (χ0n) is 8.31. The highest BCUT2D eigenvalue weighted by molar-refractivity contribution is 7.13. The average molecular weight is 213 g/mol. The maximum Gasteiger partial charge on any atom is 0.0809 e. The molecule has 0 radical (unpaired) electrons. The smallest absolute Gasteiger partial charge is 0.0809 e. The van der Waals surface area contributed by atoms with E-state index in [-0.39, 0.29) is 0 Å². The van der Waals surface area contributed by atoms with E-state index in [1.54, 1.807) is 11.3 Å². The van der Waals surface area contributed by atoms with E-state index in [1.165, 1.54) is 10.1 Å². The van der Waals surface area contributed by atoms with Crippen molar-refractivity contribution in [3.63, 3.8) is 0 Å². The van der Waals surface area contributed by atoms with Gasteiger partial charge in [0, 0.05) is 0 Å². The van der Waals surface area contributed by atoms with Crippen molar-refractivity contribution in [3.8, 4) is 10.6 Å². The summed E-state index contributed by atoms with van der Waals surface area (Å²) in [6, 6.07) is 8.47. The van der Waals surface area contributed by atoms with Crippen LogP contribution >= 0.6 is 11.3 Å². The second kappa shape index (κ2) is 3.63. The van der Waals surface area contributed by atoms with Crippen molar-refractivity contribution in [3.05, 3.63) is 40.2 Å². The largest absolute Gasteiger partial charge is 0.247 e. The van der Waals surface area contributed by atoms with Crippen molar-refractivity contribution >= 4 is 23.5 Å². The highest BCUT2D eigenvalue weighted by Crippen LogP contribution is 2.20. The Morgan fingerprint density at radius 1 is 1.07 bits per heavy atom. The SMILES string of the molecule is C1=c2ccc(-c3cccs3)nc2=CCC1. The molecule has 0 aliphatic heterocycles. The quantitative estimate of drug-likeness (QED) is 0.707. The summed E-state index contributed by atoms with van der Waals surface area (Å²) in [6.07, 6.45) is 6.76. The van der Waals surface area contributed by atoms with Crippen molar-refractivity contribution < 1.29 is 0 Å². The first-order valence-corrected chi connectivity index (χ1v) is 6.03. The Hall–Kier alpha value is -1.41. The molecule has 1 nitrogen and oxygen atoms in total. The van der Waals surface area contributed by atoms with Crippen LogP contribution in [0.5, 0.6) is 0 Å². The third-order valence-electron chi connectivity index (χ3n) is 2.60. The zero-order chi connectivity index (χ0) is 10.1. The predicted molar refractivity (Wildman–Crippen MR) is 65.0 cm³/mol. The van der Waals surface area contributed by atoms with Crippen molar-refractivity contribution in [2.45, 2.75) is 12.8 Å². The molecule has 2 aromatic rings. The monoisotopic (exact) mass is 213 g/mol. The van der Waals surface area contributed by atoms with Gasteiger partial charge in [-0.05, 0) is 35.6 Å². The lowest BCUT2D eigenvalue weighted by atomic mass is 10.1. The maximum atomic E-state index is 4.68. The van der Waals surface area contributed by atoms with E-state index < -0.39 is 0 Å². The van der Waals surface area contributed by atoms with Crippen LogP contribution in [0.25, 0.3) is 22.7 Å². The van der Waals surface area contributed by atoms with E-state index >= 15 is 0 Å². The lowest BCUT2D eigenvalue weighted by Gasteiger charge is -2.01. The molecule has 1 aliphatic rings. The van der Waals surface area contributed by atoms with Gasteiger partial charge in [0.1, 0.15) is 0 Å². The van der Waals surface area contributed by atoms with Gasteiger partial charge in [-0.15, -0.1) is 11.3 Å². The van der Waals surface area contributed by atoms with E-state index in [0.29, 0.717) is 0 Å². The number of thiophene rings is 1. The number of aromatic nitrogens is 1. The van der Waals surface area contributed by atoms with Crippen LogP contribution in [0.15, 0.2) is 29.6 Å². The molecule has 0 N–H and O–H groups in total. The summed E-state index contributed by atoms with van der Waals surface area (Å²) in [5, 5.41) is 4.51. The summed E-state index contributed by atoms with van der Waals surface area (Å²) < 4.78 is 0. The molecule has 1 aliphatic carbocycles. The molecule has 0 amide bonds. The number of pyridine rings is 1. The lowest BCUT2D eigenvalue weighted by Crippen LogP contribution is -2.29. The Morgan fingerprint density at radius 3 is 2.87 bits per heavy atom. The minimum atomic E-state index is 1.09. The van der Waals surface area contributed by atoms with Crippen molar-refractivity contribution in [2.75, 3.05) is 0 Å². The highest BCUT2D eigenvalue weighted by atomic mass is 32.1. The summed E-state index contributed by atoms with van der Waals surface area (Å²) in [4.78, 5) is 5.93. The summed E-state index contributed by atoms with van der Waals surface area (Å²) in [5.41, 5.74) is 1.09. The molecule has 0 bridgehead atoms. The molecule has 0 atom stereocenters. The molecule has 15 heavy (non-hydrogen) atoms. The Balaban J connectivity index is 2.22. The van der Waals surface area contributed by atoms with Gasteiger partial charge in [0.15, 0.2) is 0 Å². The van der Waals surface area contributed by atoms with Crippen molar-refractivity contribution in [1.29, 1.82) is 0 Å². The molecule has 0 fully saturated rings. The van der Waals surface area contributed by atoms with Crippen LogP contribution in [0.1, 0.15) is 12.8 Å². The summed E-state index contributed by atoms with van der Waals surface area (Å²) in [7, 11) is 0. The minimum absolute atomic E-state index is 1.09. The molecular formula is C13H11NS. The zero-order valence-corrected chi connectivity index (χ0v) is 9.13. The highest BCUT2D eigenvalue weighted by Gasteiger charge is 2.01. The molecule has 2 aromatic heterocycles. The molecule has 74 valence electrons. The van der Waals surface area contributed by atoms with Crippen LogP contribution in [0.4, 0.5) is 0 Å². The molecule has 0 saturated carbocycles. The van der Waals surface area contributed by atoms with Crippen LogP contribution in [0.2, 0.25) is 0 Å². The molecule has 2 heterocycles. The van der Waals surface area contributed by atoms with E-state index in [1.807, 2.05) is 0 Å². The third-order valence-corrected chi connectivity index (χ3v) is 3.49. The molecule has 0 unspecified atom stereocenters. The van der Waals surface area contributed by atoms with Gasteiger partial charge in [-0.25, -0.2) is 4.98 Å². The molecule has 0 saturated heterocycles. The van der Waals surface area contributed by atoms with Crippen LogP contribution in [0, 0.1) is 0 Å². The lowest BCUT2D eigenvalue weighted by molar-refractivity contribution is 1.08. The van der Waals surface area contributed by atoms with Crippen molar-refractivity contribution in [2.24, 2.45) is 0 Å². The van der Waals surface area contributed by atoms with E-state index in [4.69, 9.17) is 0 Å². The van der Waals surface area contributed by atoms with E-state index in [9.17, 15) is 0 Å². The maximum absolute atomic E-state index is 4.68. The number of fused-ring (bicyclic) bond motifs is 1. The summed E-state index contributed by atoms with van der Waals surface area (Å²) >= 11 is 1.74. The van der Waals surface area contributed by atoms with Crippen LogP contribution in [-0.2, 0) is 0 Å². The van der Waals surface area contributed by atoms with Gasteiger partial charge in [0.05, 0.1) is 15.9 Å². The second-order valence-corrected chi connectivity index (χ2v) is 4.58. The summed E-state index contributed by atoms with van der Waals surface area (Å²) in [5.74, 6) is 0. The fourth-order valence-corrected chi connectivity index (χ4v) is 2.54. The Bertz CT molecular complexity index is 581. The van der Waals surface area contributed by atoms with Gasteiger partial charge in [0.25, 0.3) is 0 Å². The van der Waals surface area contributed by atoms with Crippen LogP contribution < -0.4 is 10.6 Å². The first-order chi connectivity index (χ1) is 7.43. The van der Waals surface area contributed by atoms with Crippen molar-refractivity contribution in [1.82, 2.24) is 4.98 Å². The standard InChI is InChI=1S/C13H11NS/c1-2-5-11-10(4-1)7-8-12(14-11)13-6-3-9-15-13/h3-9H,1-2H2. The number of hydrogen-bond donors (Lipinski definition) is 0. The molecule has 0 aromatic carbocycles. The van der Waals surface area contributed by atoms with Gasteiger partial charge < -0.3 is 0 Å². The fourth-order valence-electron chi connectivity index (χ4n) is 1.84. The number of nitrogens with zero attached hydrogens (tertiary/aromatic N) is 1. The molecule has 3 rings (SSSR count). The predicted octanol–water partition coefficient (Wildman–Crippen LogP) is 2.16. The van der Waals surface area contributed by atoms with Gasteiger partial charge in [-0.1, -0.05) is 24.3 Å². The van der Waals surface area contributed by atoms with Gasteiger partial charge in [-0.3, -0.25) is 0 Å². The molecular weight excluding hydrogens is 202 g/mol. The van der Waals surface area contributed by atoms with E-state index in [2.05, 4.69) is 46.8 Å². The normalized spacial score (nSPS) is 13.9. The van der Waals surface area contributed by atoms with Crippen LogP contribution in [0.3, 0.4) is 0 Å². The Labute approximate surface area is 92.4 Å². The molecule has 0 spiro atoms. The first kappa shape index (κ1) is 8.86. The van der Waals surface area contributed by atoms with E-state index in [0.717, 1.165) is 23.9 Å². The number of rotatable bonds is 1. The topological polar surface area (TPSA) is 12.9 Å². The average Bonchev–Trinajstić information content (AvgIpc) is 2.82. The minimum Gasteiger partial charge on any atom is -0.247 e. The van der Waals surface area contributed by atoms with Gasteiger partial charge in [0.2, 0.25) is 0 Å². The number of hydrogen-bond acceptors (Lipinski definition) is 2. The van der Waals surface area contributed by atoms with Crippen LogP contribution in [-0.4, -0.2) is 4.98 Å². The van der Waals surface area contributed by atoms with Gasteiger partial charge in [-0.2, -0.15) is 0 Å². The molecule has 2 heteroatoms. The van der Waals surface area contributed by atoms with Gasteiger partial charge >= 0.3 is 0 Å². The second-order valence-electron chi connectivity index (χ2n) is 3.63. The third kappa shape index (κ3) is 1.61. The Morgan fingerprint density at radius 2 is 2.00 bits per heavy atom. The first-order valence-electron chi connectivity index (χ1n) is 5.15. The fraction of sp³-hybridized carbons (Fsp3) is 0.154. The summed E-state index contributed by atoms with van der Waals surface area (Å²) in [6.45, 7) is 0. The Kier molecular flexibility index (Phi) is 2.14.